The van der Waals surface area contributed by atoms with Crippen molar-refractivity contribution in [1.82, 2.24) is 30.6 Å². The van der Waals surface area contributed by atoms with Gasteiger partial charge in [0, 0.05) is 38.1 Å². The number of oxime groups is 2. The number of aryl methyl sites for hydroxylation is 3. The summed E-state index contributed by atoms with van der Waals surface area (Å²) in [4.78, 5) is 54.0. The molecule has 0 bridgehead atoms. The number of sulfone groups is 1. The summed E-state index contributed by atoms with van der Waals surface area (Å²) in [5.41, 5.74) is 4.45. The number of hydrogen-bond donors (Lipinski definition) is 2. The molecular formula is C52H58F2N8O15S2. The van der Waals surface area contributed by atoms with Crippen LogP contribution >= 0.6 is 0 Å². The Labute approximate surface area is 454 Å². The Morgan fingerprint density at radius 2 is 1.15 bits per heavy atom. The summed E-state index contributed by atoms with van der Waals surface area (Å²) in [6.45, 7) is 6.14. The van der Waals surface area contributed by atoms with Gasteiger partial charge in [-0.1, -0.05) is 40.1 Å². The molecule has 0 spiro atoms. The van der Waals surface area contributed by atoms with Crippen molar-refractivity contribution in [3.05, 3.63) is 136 Å². The van der Waals surface area contributed by atoms with Crippen molar-refractivity contribution in [3.8, 4) is 11.5 Å². The number of carbonyl (C=O) groups is 2. The van der Waals surface area contributed by atoms with Crippen LogP contribution in [0.4, 0.5) is 8.78 Å². The van der Waals surface area contributed by atoms with E-state index in [1.807, 2.05) is 6.92 Å². The normalized spacial score (nSPS) is 21.1. The van der Waals surface area contributed by atoms with Gasteiger partial charge in [0.1, 0.15) is 50.4 Å². The number of hydrogen-bond acceptors (Lipinski definition) is 21. The van der Waals surface area contributed by atoms with E-state index in [2.05, 4.69) is 40.9 Å². The number of aromatic nitrogens is 4. The van der Waals surface area contributed by atoms with Crippen molar-refractivity contribution in [1.29, 1.82) is 0 Å². The van der Waals surface area contributed by atoms with Crippen molar-refractivity contribution >= 4 is 43.2 Å². The van der Waals surface area contributed by atoms with E-state index in [1.54, 1.807) is 38.1 Å². The minimum atomic E-state index is -3.89. The first-order valence-electron chi connectivity index (χ1n) is 24.7. The number of carbonyl (C=O) groups excluding carboxylic acids is 2. The zero-order valence-electron chi connectivity index (χ0n) is 43.8. The zero-order valence-corrected chi connectivity index (χ0v) is 45.5. The number of benzene rings is 3. The minimum Gasteiger partial charge on any atom is -0.494 e. The lowest BCUT2D eigenvalue weighted by Gasteiger charge is -2.31. The number of amides is 2. The van der Waals surface area contributed by atoms with E-state index in [0.29, 0.717) is 58.4 Å². The van der Waals surface area contributed by atoms with Crippen LogP contribution in [0.3, 0.4) is 0 Å². The quantitative estimate of drug-likeness (QED) is 0.116. The minimum absolute atomic E-state index is 0.0848. The molecule has 4 aliphatic rings. The highest BCUT2D eigenvalue weighted by molar-refractivity contribution is 7.90. The number of ether oxygens (including phenoxy) is 6. The van der Waals surface area contributed by atoms with E-state index in [4.69, 9.17) is 42.3 Å². The standard InChI is InChI=1S/C29H31FN4O8S.C23H27FN4O7S/c1-17-4-7-21(8-5-17)43(36,37)41-16-20-14-39-29(40-15-20)27-12-24(34-42-27)23-11-25(33-18(2)32-23)28(35)31-13-19-6-9-22(30)26(10-19)38-3;1-13-26-17(7-19(27-13)23(29)25-9-14-4-5-16(24)20(6-14)32-2)18-8-21(35-28-18)22-11-33-15(10-34-22)12-36(3,30)31/h4-11,20,27,29H,12-16H2,1-3H3,(H,31,35);4-7,15,21-22H,8-12H2,1-3H3,(H,25,29)/t20?,27-,29?;15-,21-,22+/m00/s1. The maximum Gasteiger partial charge on any atom is 0.296 e. The van der Waals surface area contributed by atoms with Crippen LogP contribution in [0, 0.1) is 38.3 Å². The number of nitrogens with zero attached hydrogens (tertiary/aromatic N) is 6. The Morgan fingerprint density at radius 3 is 1.65 bits per heavy atom. The Balaban J connectivity index is 0.000000211. The molecule has 0 unspecified atom stereocenters. The van der Waals surface area contributed by atoms with Crippen LogP contribution in [0.2, 0.25) is 0 Å². The molecule has 2 saturated heterocycles. The van der Waals surface area contributed by atoms with Gasteiger partial charge in [-0.15, -0.1) is 0 Å². The SMILES string of the molecule is COc1cc(CNC(=O)c2cc(C3=NO[C@H](C4OCC(COS(=O)(=O)c5ccc(C)cc5)CO4)C3)nc(C)n2)ccc1F.COc1cc(CNC(=O)c2cc(C3=NO[C@H]([C@H]4CO[C@H](CS(C)(=O)=O)CO4)C3)nc(C)n2)ccc1F. The van der Waals surface area contributed by atoms with Crippen molar-refractivity contribution in [2.45, 2.75) is 82.3 Å². The second-order valence-corrected chi connectivity index (χ2v) is 22.6. The largest absolute Gasteiger partial charge is 0.494 e. The fourth-order valence-electron chi connectivity index (χ4n) is 8.31. The van der Waals surface area contributed by atoms with Crippen molar-refractivity contribution in [2.24, 2.45) is 16.2 Å². The number of rotatable bonds is 18. The van der Waals surface area contributed by atoms with Gasteiger partial charge in [-0.3, -0.25) is 13.8 Å². The predicted molar refractivity (Wildman–Crippen MR) is 277 cm³/mol. The molecule has 23 nitrogen and oxygen atoms in total. The summed E-state index contributed by atoms with van der Waals surface area (Å²) < 4.78 is 113. The van der Waals surface area contributed by atoms with E-state index < -0.39 is 74.1 Å². The van der Waals surface area contributed by atoms with Crippen LogP contribution in [0.1, 0.15) is 73.5 Å². The first-order valence-corrected chi connectivity index (χ1v) is 28.2. The first kappa shape index (κ1) is 58.0. The summed E-state index contributed by atoms with van der Waals surface area (Å²) in [6, 6.07) is 18.1. The van der Waals surface area contributed by atoms with Gasteiger partial charge in [-0.05, 0) is 80.4 Å². The lowest BCUT2D eigenvalue weighted by Crippen LogP contribution is -2.44. The lowest BCUT2D eigenvalue weighted by atomic mass is 10.0. The van der Waals surface area contributed by atoms with E-state index in [0.717, 1.165) is 11.8 Å². The highest BCUT2D eigenvalue weighted by Gasteiger charge is 2.38. The molecule has 5 aromatic rings. The van der Waals surface area contributed by atoms with E-state index in [-0.39, 0.29) is 85.6 Å². The molecule has 9 rings (SSSR count). The monoisotopic (exact) mass is 1140 g/mol. The molecule has 0 saturated carbocycles. The summed E-state index contributed by atoms with van der Waals surface area (Å²) >= 11 is 0. The number of methoxy groups -OCH3 is 2. The van der Waals surface area contributed by atoms with Crippen molar-refractivity contribution < 1.29 is 77.5 Å². The average molecular weight is 1140 g/mol. The third-order valence-corrected chi connectivity index (χ3v) is 14.7. The van der Waals surface area contributed by atoms with Gasteiger partial charge in [0.2, 0.25) is 0 Å². The van der Waals surface area contributed by atoms with Gasteiger partial charge in [0.25, 0.3) is 21.9 Å². The van der Waals surface area contributed by atoms with Crippen molar-refractivity contribution in [3.63, 3.8) is 0 Å². The third-order valence-electron chi connectivity index (χ3n) is 12.4. The maximum atomic E-state index is 13.7. The molecule has 4 aliphatic heterocycles. The second kappa shape index (κ2) is 25.8. The Morgan fingerprint density at radius 1 is 0.633 bits per heavy atom. The van der Waals surface area contributed by atoms with E-state index in [1.165, 1.54) is 62.8 Å². The summed E-state index contributed by atoms with van der Waals surface area (Å²) in [5.74, 6) is -1.32. The average Bonchev–Trinajstić information content (AvgIpc) is 4.14. The summed E-state index contributed by atoms with van der Waals surface area (Å²) in [5, 5.41) is 13.8. The molecule has 4 atom stereocenters. The molecule has 0 aliphatic carbocycles. The van der Waals surface area contributed by atoms with Gasteiger partial charge in [0.15, 0.2) is 41.6 Å². The van der Waals surface area contributed by atoms with Gasteiger partial charge in [-0.25, -0.2) is 37.1 Å². The van der Waals surface area contributed by atoms with Crippen LogP contribution in [0.25, 0.3) is 0 Å². The molecule has 2 amide bonds. The lowest BCUT2D eigenvalue weighted by molar-refractivity contribution is -0.246. The highest BCUT2D eigenvalue weighted by Crippen LogP contribution is 2.27. The molecular weight excluding hydrogens is 1080 g/mol. The van der Waals surface area contributed by atoms with Crippen LogP contribution < -0.4 is 20.1 Å². The molecule has 6 heterocycles. The fourth-order valence-corrected chi connectivity index (χ4v) is 10.2. The fraction of sp³-hybridized carbons (Fsp3) is 0.423. The Bertz CT molecular complexity index is 3300. The Kier molecular flexibility index (Phi) is 18.9. The van der Waals surface area contributed by atoms with Gasteiger partial charge in [0.05, 0.1) is 75.4 Å². The van der Waals surface area contributed by atoms with E-state index >= 15 is 0 Å². The molecule has 3 aromatic carbocycles. The van der Waals surface area contributed by atoms with E-state index in [9.17, 15) is 35.2 Å². The number of nitrogens with one attached hydrogen (secondary N) is 2. The second-order valence-electron chi connectivity index (χ2n) is 18.8. The third kappa shape index (κ3) is 15.8. The molecule has 2 N–H and O–H groups in total. The predicted octanol–water partition coefficient (Wildman–Crippen LogP) is 4.24. The zero-order chi connectivity index (χ0) is 56.4. The van der Waals surface area contributed by atoms with Crippen LogP contribution in [-0.2, 0) is 65.9 Å². The van der Waals surface area contributed by atoms with Gasteiger partial charge >= 0.3 is 0 Å². The molecule has 2 aromatic heterocycles. The smallest absolute Gasteiger partial charge is 0.296 e. The summed E-state index contributed by atoms with van der Waals surface area (Å²) in [6.07, 6.45) is -0.821. The van der Waals surface area contributed by atoms with Crippen LogP contribution in [-0.4, -0.2) is 150 Å². The molecule has 79 heavy (non-hydrogen) atoms. The van der Waals surface area contributed by atoms with Crippen molar-refractivity contribution in [2.75, 3.05) is 59.3 Å². The van der Waals surface area contributed by atoms with Crippen LogP contribution in [0.15, 0.2) is 88.0 Å². The van der Waals surface area contributed by atoms with Gasteiger partial charge < -0.3 is 48.7 Å². The Hall–Kier alpha value is -7.14. The first-order chi connectivity index (χ1) is 37.7. The molecule has 27 heteroatoms. The molecule has 0 radical (unpaired) electrons. The molecule has 422 valence electrons. The number of halogens is 2. The molecule has 2 fully saturated rings. The highest BCUT2D eigenvalue weighted by atomic mass is 32.2. The van der Waals surface area contributed by atoms with Crippen LogP contribution in [0.5, 0.6) is 11.5 Å². The maximum absolute atomic E-state index is 13.7. The van der Waals surface area contributed by atoms with Gasteiger partial charge in [-0.2, -0.15) is 8.42 Å². The topological polar surface area (TPSA) is 286 Å². The summed E-state index contributed by atoms with van der Waals surface area (Å²) in [7, 11) is -4.33.